The van der Waals surface area contributed by atoms with Crippen molar-refractivity contribution >= 4 is 23.3 Å². The molecule has 0 aromatic rings. The Morgan fingerprint density at radius 1 is 1.00 bits per heavy atom. The zero-order chi connectivity index (χ0) is 13.6. The molecule has 17 heavy (non-hydrogen) atoms. The van der Waals surface area contributed by atoms with Crippen LogP contribution < -0.4 is 15.3 Å². The van der Waals surface area contributed by atoms with Crippen molar-refractivity contribution in [2.75, 3.05) is 0 Å². The monoisotopic (exact) mass is 260 g/mol. The van der Waals surface area contributed by atoms with E-state index in [0.29, 0.717) is 0 Å². The number of carbonyl (C=O) groups excluding carboxylic acids is 1. The Kier molecular flexibility index (Phi) is 32.1. The zero-order valence-electron chi connectivity index (χ0n) is 11.7. The van der Waals surface area contributed by atoms with Crippen LogP contribution in [0.2, 0.25) is 0 Å². The van der Waals surface area contributed by atoms with Gasteiger partial charge < -0.3 is 20.1 Å². The summed E-state index contributed by atoms with van der Waals surface area (Å²) >= 11 is 0. The summed E-state index contributed by atoms with van der Waals surface area (Å²) in [6.45, 7) is 8.48. The third-order valence-corrected chi connectivity index (χ3v) is 0.984. The Balaban J connectivity index is -0.0000000806. The largest absolute Gasteiger partial charge is 3.00 e. The standard InChI is InChI=1S/C6H12O2.2C3H7O.Al/c1-2-3-4-5-6(7)8;2*1-3(2)4;/h2-5H2,1H3,(H,7,8);2*3H,1-2H3;/q;2*-1;+3/p-1. The van der Waals surface area contributed by atoms with Gasteiger partial charge in [-0.15, -0.1) is 12.2 Å². The van der Waals surface area contributed by atoms with Gasteiger partial charge in [0.25, 0.3) is 0 Å². The van der Waals surface area contributed by atoms with Crippen molar-refractivity contribution in [3.8, 4) is 0 Å². The molecule has 0 aliphatic carbocycles. The minimum Gasteiger partial charge on any atom is -0.852 e. The molecule has 0 aliphatic rings. The van der Waals surface area contributed by atoms with Crippen LogP contribution in [0.5, 0.6) is 0 Å². The van der Waals surface area contributed by atoms with E-state index in [1.807, 2.05) is 6.92 Å². The molecule has 5 heteroatoms. The quantitative estimate of drug-likeness (QED) is 0.501. The van der Waals surface area contributed by atoms with E-state index in [-0.39, 0.29) is 23.8 Å². The van der Waals surface area contributed by atoms with Gasteiger partial charge in [0, 0.05) is 5.97 Å². The number of carbonyl (C=O) groups is 1. The predicted molar refractivity (Wildman–Crippen MR) is 65.2 cm³/mol. The first kappa shape index (κ1) is 25.7. The molecule has 0 fully saturated rings. The van der Waals surface area contributed by atoms with Gasteiger partial charge in [-0.05, 0) is 12.8 Å². The summed E-state index contributed by atoms with van der Waals surface area (Å²) in [4.78, 5) is 9.76. The summed E-state index contributed by atoms with van der Waals surface area (Å²) in [6.07, 6.45) is 2.20. The van der Waals surface area contributed by atoms with Crippen LogP contribution in [-0.2, 0) is 4.79 Å². The SMILES string of the molecule is CC(C)[O-].CC(C)[O-].CCCCCC(=O)[O-].[Al+3]. The van der Waals surface area contributed by atoms with Crippen LogP contribution >= 0.6 is 0 Å². The third kappa shape index (κ3) is 127. The normalized spacial score (nSPS) is 8.53. The predicted octanol–water partition coefficient (Wildman–Crippen LogP) is -0.554. The van der Waals surface area contributed by atoms with Crippen LogP contribution in [0.25, 0.3) is 0 Å². The first-order valence-electron chi connectivity index (χ1n) is 5.75. The van der Waals surface area contributed by atoms with E-state index < -0.39 is 18.2 Å². The Hall–Kier alpha value is -0.0775. The summed E-state index contributed by atoms with van der Waals surface area (Å²) in [6, 6.07) is 0. The molecule has 0 saturated heterocycles. The van der Waals surface area contributed by atoms with Gasteiger partial charge >= 0.3 is 17.4 Å². The van der Waals surface area contributed by atoms with Gasteiger partial charge in [-0.25, -0.2) is 0 Å². The number of hydrogen-bond donors (Lipinski definition) is 0. The molecule has 0 amide bonds. The van der Waals surface area contributed by atoms with Crippen LogP contribution in [0, 0.1) is 0 Å². The fourth-order valence-electron chi connectivity index (χ4n) is 0.519. The summed E-state index contributed by atoms with van der Waals surface area (Å²) < 4.78 is 0. The molecule has 0 rings (SSSR count). The maximum atomic E-state index is 9.76. The van der Waals surface area contributed by atoms with Gasteiger partial charge in [0.2, 0.25) is 0 Å². The number of unbranched alkanes of at least 4 members (excludes halogenated alkanes) is 2. The summed E-state index contributed by atoms with van der Waals surface area (Å²) in [5.74, 6) is -0.932. The van der Waals surface area contributed by atoms with Crippen molar-refractivity contribution in [2.24, 2.45) is 0 Å². The van der Waals surface area contributed by atoms with Crippen LogP contribution in [0.3, 0.4) is 0 Å². The molecule has 0 spiro atoms. The molecule has 0 saturated carbocycles. The number of rotatable bonds is 4. The summed E-state index contributed by atoms with van der Waals surface area (Å²) in [5, 5.41) is 28.8. The first-order chi connectivity index (χ1) is 7.23. The van der Waals surface area contributed by atoms with Gasteiger partial charge in [-0.1, -0.05) is 47.5 Å². The zero-order valence-corrected chi connectivity index (χ0v) is 12.8. The second-order valence-corrected chi connectivity index (χ2v) is 3.93. The molecule has 0 aromatic heterocycles. The maximum absolute atomic E-state index is 9.76. The van der Waals surface area contributed by atoms with E-state index in [0.717, 1.165) is 19.3 Å². The van der Waals surface area contributed by atoms with Gasteiger partial charge in [0.05, 0.1) is 0 Å². The van der Waals surface area contributed by atoms with Crippen LogP contribution in [0.15, 0.2) is 0 Å². The number of hydrogen-bond acceptors (Lipinski definition) is 4. The molecule has 0 heterocycles. The number of aliphatic carboxylic acids is 1. The van der Waals surface area contributed by atoms with Crippen molar-refractivity contribution in [3.05, 3.63) is 0 Å². The van der Waals surface area contributed by atoms with Crippen molar-refractivity contribution in [2.45, 2.75) is 72.5 Å². The maximum Gasteiger partial charge on any atom is 3.00 e. The smallest absolute Gasteiger partial charge is 0.852 e. The molecule has 4 nitrogen and oxygen atoms in total. The fourth-order valence-corrected chi connectivity index (χ4v) is 0.519. The van der Waals surface area contributed by atoms with Gasteiger partial charge in [0.1, 0.15) is 0 Å². The average Bonchev–Trinajstić information content (AvgIpc) is 2.01. The third-order valence-electron chi connectivity index (χ3n) is 0.984. The van der Waals surface area contributed by atoms with Gasteiger partial charge in [0.15, 0.2) is 0 Å². The van der Waals surface area contributed by atoms with Gasteiger partial charge in [-0.3, -0.25) is 0 Å². The molecule has 0 atom stereocenters. The molecule has 0 bridgehead atoms. The van der Waals surface area contributed by atoms with Gasteiger partial charge in [-0.2, -0.15) is 0 Å². The molecule has 0 N–H and O–H groups in total. The van der Waals surface area contributed by atoms with Crippen molar-refractivity contribution in [1.29, 1.82) is 0 Å². The summed E-state index contributed by atoms with van der Waals surface area (Å²) in [5.41, 5.74) is 0. The molecule has 100 valence electrons. The van der Waals surface area contributed by atoms with E-state index in [1.165, 1.54) is 0 Å². The average molecular weight is 260 g/mol. The summed E-state index contributed by atoms with van der Waals surface area (Å²) in [7, 11) is 0. The molecular formula is C12H25AlO4. The van der Waals surface area contributed by atoms with Crippen molar-refractivity contribution < 1.29 is 20.1 Å². The Morgan fingerprint density at radius 3 is 1.47 bits per heavy atom. The molecular weight excluding hydrogens is 235 g/mol. The molecule has 0 aromatic carbocycles. The molecule has 0 aliphatic heterocycles. The Labute approximate surface area is 116 Å². The number of carboxylic acid groups (broad SMARTS) is 1. The second kappa shape index (κ2) is 21.2. The van der Waals surface area contributed by atoms with E-state index >= 15 is 0 Å². The van der Waals surface area contributed by atoms with Crippen LogP contribution in [-0.4, -0.2) is 35.5 Å². The minimum atomic E-state index is -0.932. The van der Waals surface area contributed by atoms with Crippen LogP contribution in [0.1, 0.15) is 60.3 Å². The molecule has 0 radical (unpaired) electrons. The Morgan fingerprint density at radius 2 is 1.29 bits per heavy atom. The van der Waals surface area contributed by atoms with E-state index in [9.17, 15) is 20.1 Å². The van der Waals surface area contributed by atoms with Crippen LogP contribution in [0.4, 0.5) is 0 Å². The topological polar surface area (TPSA) is 86.2 Å². The molecule has 0 unspecified atom stereocenters. The Bertz CT molecular complexity index is 127. The first-order valence-corrected chi connectivity index (χ1v) is 5.75. The minimum absolute atomic E-state index is 0. The number of carboxylic acids is 1. The van der Waals surface area contributed by atoms with E-state index in [1.54, 1.807) is 27.7 Å². The van der Waals surface area contributed by atoms with Crippen molar-refractivity contribution in [3.63, 3.8) is 0 Å². The van der Waals surface area contributed by atoms with E-state index in [4.69, 9.17) is 0 Å². The van der Waals surface area contributed by atoms with E-state index in [2.05, 4.69) is 0 Å². The van der Waals surface area contributed by atoms with Crippen molar-refractivity contribution in [1.82, 2.24) is 0 Å². The second-order valence-electron chi connectivity index (χ2n) is 3.93. The fraction of sp³-hybridized carbons (Fsp3) is 0.917.